The van der Waals surface area contributed by atoms with Gasteiger partial charge in [0.15, 0.2) is 0 Å². The van der Waals surface area contributed by atoms with Gasteiger partial charge in [-0.15, -0.1) is 0 Å². The summed E-state index contributed by atoms with van der Waals surface area (Å²) in [7, 11) is 0. The van der Waals surface area contributed by atoms with E-state index in [9.17, 15) is 0 Å². The Morgan fingerprint density at radius 3 is 2.60 bits per heavy atom. The van der Waals surface area contributed by atoms with Crippen LogP contribution in [0.5, 0.6) is 0 Å². The molecule has 1 rings (SSSR count). The zero-order valence-corrected chi connectivity index (χ0v) is 7.03. The monoisotopic (exact) mass is 138 g/mol. The lowest BCUT2D eigenvalue weighted by Crippen LogP contribution is -2.12. The topological polar surface area (TPSA) is 0 Å². The van der Waals surface area contributed by atoms with Gasteiger partial charge in [0.25, 0.3) is 0 Å². The second kappa shape index (κ2) is 3.80. The Bertz CT molecular complexity index is 109. The van der Waals surface area contributed by atoms with Gasteiger partial charge in [-0.05, 0) is 31.6 Å². The van der Waals surface area contributed by atoms with Crippen molar-refractivity contribution in [3.8, 4) is 0 Å². The van der Waals surface area contributed by atoms with Crippen molar-refractivity contribution in [2.24, 2.45) is 5.92 Å². The average molecular weight is 138 g/mol. The number of rotatable bonds is 4. The lowest BCUT2D eigenvalue weighted by molar-refractivity contribution is 0.358. The highest BCUT2D eigenvalue weighted by Gasteiger charge is 2.19. The highest BCUT2D eigenvalue weighted by molar-refractivity contribution is 5.03. The van der Waals surface area contributed by atoms with Crippen molar-refractivity contribution in [2.75, 3.05) is 0 Å². The second-order valence-corrected chi connectivity index (χ2v) is 3.39. The molecule has 0 bridgehead atoms. The summed E-state index contributed by atoms with van der Waals surface area (Å²) in [5.74, 6) is 0.909. The molecule has 1 fully saturated rings. The molecule has 0 nitrogen and oxygen atoms in total. The molecule has 0 saturated heterocycles. The Labute approximate surface area is 64.3 Å². The third-order valence-corrected chi connectivity index (χ3v) is 2.53. The molecule has 0 aromatic heterocycles. The molecular formula is C10H18. The maximum atomic E-state index is 4.11. The smallest absolute Gasteiger partial charge is 0.0206 e. The molecule has 10 heavy (non-hydrogen) atoms. The normalized spacial score (nSPS) is 18.5. The second-order valence-electron chi connectivity index (χ2n) is 3.39. The number of hydrogen-bond acceptors (Lipinski definition) is 0. The van der Waals surface area contributed by atoms with Gasteiger partial charge in [-0.3, -0.25) is 0 Å². The first-order chi connectivity index (χ1) is 4.84. The quantitative estimate of drug-likeness (QED) is 0.521. The van der Waals surface area contributed by atoms with E-state index >= 15 is 0 Å². The zero-order valence-electron chi connectivity index (χ0n) is 7.03. The van der Waals surface area contributed by atoms with E-state index in [0.717, 1.165) is 5.92 Å². The van der Waals surface area contributed by atoms with E-state index in [1.807, 2.05) is 0 Å². The SMILES string of the molecule is C=C(CCCC)C1CCC1. The third-order valence-electron chi connectivity index (χ3n) is 2.53. The van der Waals surface area contributed by atoms with Crippen LogP contribution >= 0.6 is 0 Å². The van der Waals surface area contributed by atoms with Crippen LogP contribution < -0.4 is 0 Å². The minimum absolute atomic E-state index is 0.909. The summed E-state index contributed by atoms with van der Waals surface area (Å²) < 4.78 is 0. The molecule has 0 atom stereocenters. The molecule has 0 unspecified atom stereocenters. The predicted octanol–water partition coefficient (Wildman–Crippen LogP) is 3.53. The molecule has 1 aliphatic rings. The summed E-state index contributed by atoms with van der Waals surface area (Å²) in [5.41, 5.74) is 1.52. The average Bonchev–Trinajstić information content (AvgIpc) is 1.79. The molecule has 0 aliphatic heterocycles. The van der Waals surface area contributed by atoms with Gasteiger partial charge in [-0.1, -0.05) is 31.9 Å². The van der Waals surface area contributed by atoms with Crippen LogP contribution in [-0.4, -0.2) is 0 Å². The van der Waals surface area contributed by atoms with Crippen LogP contribution in [0.3, 0.4) is 0 Å². The Kier molecular flexibility index (Phi) is 2.98. The van der Waals surface area contributed by atoms with Gasteiger partial charge >= 0.3 is 0 Å². The van der Waals surface area contributed by atoms with Crippen molar-refractivity contribution in [1.29, 1.82) is 0 Å². The van der Waals surface area contributed by atoms with E-state index in [-0.39, 0.29) is 0 Å². The number of allylic oxidation sites excluding steroid dienone is 1. The van der Waals surface area contributed by atoms with Crippen molar-refractivity contribution in [2.45, 2.75) is 45.4 Å². The Morgan fingerprint density at radius 2 is 2.20 bits per heavy atom. The maximum Gasteiger partial charge on any atom is -0.0206 e. The molecule has 0 amide bonds. The van der Waals surface area contributed by atoms with Gasteiger partial charge in [0, 0.05) is 0 Å². The summed E-state index contributed by atoms with van der Waals surface area (Å²) in [6, 6.07) is 0. The molecular weight excluding hydrogens is 120 g/mol. The van der Waals surface area contributed by atoms with Crippen LogP contribution in [-0.2, 0) is 0 Å². The Morgan fingerprint density at radius 1 is 1.50 bits per heavy atom. The van der Waals surface area contributed by atoms with Gasteiger partial charge < -0.3 is 0 Å². The fourth-order valence-electron chi connectivity index (χ4n) is 1.42. The van der Waals surface area contributed by atoms with Gasteiger partial charge in [-0.2, -0.15) is 0 Å². The molecule has 1 aliphatic carbocycles. The summed E-state index contributed by atoms with van der Waals surface area (Å²) in [5, 5.41) is 0. The van der Waals surface area contributed by atoms with Crippen molar-refractivity contribution in [1.82, 2.24) is 0 Å². The van der Waals surface area contributed by atoms with E-state index in [1.165, 1.54) is 44.1 Å². The highest BCUT2D eigenvalue weighted by atomic mass is 14.2. The minimum Gasteiger partial charge on any atom is -0.0996 e. The van der Waals surface area contributed by atoms with Crippen molar-refractivity contribution in [3.05, 3.63) is 12.2 Å². The molecule has 0 heteroatoms. The van der Waals surface area contributed by atoms with Crippen LogP contribution in [0.2, 0.25) is 0 Å². The van der Waals surface area contributed by atoms with Crippen molar-refractivity contribution in [3.63, 3.8) is 0 Å². The summed E-state index contributed by atoms with van der Waals surface area (Å²) in [6.07, 6.45) is 8.21. The van der Waals surface area contributed by atoms with Crippen LogP contribution in [0.4, 0.5) is 0 Å². The van der Waals surface area contributed by atoms with Crippen LogP contribution in [0, 0.1) is 5.92 Å². The van der Waals surface area contributed by atoms with E-state index < -0.39 is 0 Å². The lowest BCUT2D eigenvalue weighted by Gasteiger charge is -2.27. The third kappa shape index (κ3) is 1.86. The van der Waals surface area contributed by atoms with Crippen molar-refractivity contribution >= 4 is 0 Å². The molecule has 1 saturated carbocycles. The molecule has 0 aromatic rings. The zero-order chi connectivity index (χ0) is 7.40. The predicted molar refractivity (Wildman–Crippen MR) is 46.0 cm³/mol. The van der Waals surface area contributed by atoms with Gasteiger partial charge in [0.1, 0.15) is 0 Å². The minimum atomic E-state index is 0.909. The molecule has 0 heterocycles. The van der Waals surface area contributed by atoms with Gasteiger partial charge in [0.05, 0.1) is 0 Å². The van der Waals surface area contributed by atoms with Gasteiger partial charge in [-0.25, -0.2) is 0 Å². The first-order valence-corrected chi connectivity index (χ1v) is 4.52. The van der Waals surface area contributed by atoms with E-state index in [1.54, 1.807) is 0 Å². The van der Waals surface area contributed by atoms with E-state index in [2.05, 4.69) is 13.5 Å². The summed E-state index contributed by atoms with van der Waals surface area (Å²) in [6.45, 7) is 6.36. The standard InChI is InChI=1S/C10H18/c1-3-4-6-9(2)10-7-5-8-10/h10H,2-8H2,1H3. The number of hydrogen-bond donors (Lipinski definition) is 0. The summed E-state index contributed by atoms with van der Waals surface area (Å²) in [4.78, 5) is 0. The first kappa shape index (κ1) is 7.84. The highest BCUT2D eigenvalue weighted by Crippen LogP contribution is 2.34. The van der Waals surface area contributed by atoms with Gasteiger partial charge in [0.2, 0.25) is 0 Å². The lowest BCUT2D eigenvalue weighted by atomic mass is 9.79. The largest absolute Gasteiger partial charge is 0.0996 e. The van der Waals surface area contributed by atoms with Crippen LogP contribution in [0.1, 0.15) is 45.4 Å². The molecule has 0 N–H and O–H groups in total. The van der Waals surface area contributed by atoms with Crippen molar-refractivity contribution < 1.29 is 0 Å². The molecule has 58 valence electrons. The molecule has 0 aromatic carbocycles. The molecule has 0 radical (unpaired) electrons. The molecule has 0 spiro atoms. The number of unbranched alkanes of at least 4 members (excludes halogenated alkanes) is 1. The fourth-order valence-corrected chi connectivity index (χ4v) is 1.42. The fraction of sp³-hybridized carbons (Fsp3) is 0.800. The van der Waals surface area contributed by atoms with Crippen LogP contribution in [0.25, 0.3) is 0 Å². The maximum absolute atomic E-state index is 4.11. The Balaban J connectivity index is 2.08. The summed E-state index contributed by atoms with van der Waals surface area (Å²) >= 11 is 0. The first-order valence-electron chi connectivity index (χ1n) is 4.52. The van der Waals surface area contributed by atoms with Crippen LogP contribution in [0.15, 0.2) is 12.2 Å². The van der Waals surface area contributed by atoms with E-state index in [0.29, 0.717) is 0 Å². The van der Waals surface area contributed by atoms with E-state index in [4.69, 9.17) is 0 Å². The Hall–Kier alpha value is -0.260.